The molecule has 1 N–H and O–H groups in total. The van der Waals surface area contributed by atoms with Crippen LogP contribution < -0.4 is 5.32 Å². The van der Waals surface area contributed by atoms with E-state index in [1.54, 1.807) is 10.7 Å². The maximum Gasteiger partial charge on any atom is 0.271 e. The minimum absolute atomic E-state index is 0.0424. The molecule has 1 heterocycles. The van der Waals surface area contributed by atoms with Crippen molar-refractivity contribution in [2.45, 2.75) is 13.5 Å². The van der Waals surface area contributed by atoms with Crippen LogP contribution in [0.15, 0.2) is 48.5 Å². The van der Waals surface area contributed by atoms with Crippen molar-refractivity contribution < 1.29 is 4.92 Å². The zero-order valence-corrected chi connectivity index (χ0v) is 12.4. The smallest absolute Gasteiger partial charge is 0.271 e. The number of para-hydroxylation sites is 1. The number of benzene rings is 2. The molecule has 0 spiro atoms. The van der Waals surface area contributed by atoms with E-state index >= 15 is 0 Å². The van der Waals surface area contributed by atoms with Crippen molar-refractivity contribution in [2.75, 3.05) is 5.32 Å². The maximum atomic E-state index is 10.9. The number of nitro benzene ring substituents is 1. The van der Waals surface area contributed by atoms with Gasteiger partial charge >= 0.3 is 0 Å². The van der Waals surface area contributed by atoms with E-state index in [2.05, 4.69) is 20.8 Å². The van der Waals surface area contributed by atoms with E-state index in [0.29, 0.717) is 18.1 Å². The molecule has 0 aliphatic carbocycles. The molecule has 8 nitrogen and oxygen atoms in total. The molecule has 8 heteroatoms. The second-order valence-corrected chi connectivity index (χ2v) is 4.95. The van der Waals surface area contributed by atoms with Crippen LogP contribution in [0.5, 0.6) is 0 Å². The van der Waals surface area contributed by atoms with Crippen LogP contribution in [0, 0.1) is 17.0 Å². The van der Waals surface area contributed by atoms with Crippen molar-refractivity contribution in [1.82, 2.24) is 20.2 Å². The molecule has 0 fully saturated rings. The molecular weight excluding hydrogens is 296 g/mol. The van der Waals surface area contributed by atoms with Crippen LogP contribution in [0.2, 0.25) is 0 Å². The fraction of sp³-hybridized carbons (Fsp3) is 0.133. The predicted octanol–water partition coefficient (Wildman–Crippen LogP) is 2.49. The average molecular weight is 310 g/mol. The van der Waals surface area contributed by atoms with Crippen molar-refractivity contribution in [3.63, 3.8) is 0 Å². The zero-order chi connectivity index (χ0) is 16.2. The number of aryl methyl sites for hydroxylation is 1. The van der Waals surface area contributed by atoms with Gasteiger partial charge in [0.05, 0.1) is 17.2 Å². The topological polar surface area (TPSA) is 98.8 Å². The lowest BCUT2D eigenvalue weighted by Crippen LogP contribution is -2.09. The molecule has 0 aliphatic heterocycles. The van der Waals surface area contributed by atoms with Gasteiger partial charge in [0.15, 0.2) is 5.82 Å². The number of hydrogen-bond donors (Lipinski definition) is 1. The van der Waals surface area contributed by atoms with Crippen molar-refractivity contribution in [1.29, 1.82) is 0 Å². The van der Waals surface area contributed by atoms with E-state index in [1.807, 2.05) is 37.3 Å². The third-order valence-corrected chi connectivity index (χ3v) is 3.40. The van der Waals surface area contributed by atoms with E-state index in [0.717, 1.165) is 11.3 Å². The summed E-state index contributed by atoms with van der Waals surface area (Å²) in [5.74, 6) is 0.613. The molecule has 3 aromatic rings. The summed E-state index contributed by atoms with van der Waals surface area (Å²) in [6.07, 6.45) is 0. The number of hydrogen-bond acceptors (Lipinski definition) is 6. The number of aromatic nitrogens is 4. The van der Waals surface area contributed by atoms with Gasteiger partial charge in [-0.3, -0.25) is 10.1 Å². The molecule has 1 aromatic heterocycles. The highest BCUT2D eigenvalue weighted by molar-refractivity contribution is 5.56. The first kappa shape index (κ1) is 14.6. The van der Waals surface area contributed by atoms with Crippen LogP contribution in [-0.2, 0) is 6.54 Å². The number of nitrogens with one attached hydrogen (secondary N) is 1. The highest BCUT2D eigenvalue weighted by Gasteiger charge is 2.11. The van der Waals surface area contributed by atoms with Crippen molar-refractivity contribution >= 4 is 11.4 Å². The van der Waals surface area contributed by atoms with Crippen LogP contribution in [0.25, 0.3) is 5.69 Å². The summed E-state index contributed by atoms with van der Waals surface area (Å²) in [4.78, 5) is 10.5. The van der Waals surface area contributed by atoms with Gasteiger partial charge in [-0.05, 0) is 35.0 Å². The van der Waals surface area contributed by atoms with Gasteiger partial charge in [0.25, 0.3) is 5.69 Å². The van der Waals surface area contributed by atoms with Gasteiger partial charge in [-0.15, -0.1) is 5.10 Å². The second kappa shape index (κ2) is 6.22. The number of nitrogens with zero attached hydrogens (tertiary/aromatic N) is 5. The van der Waals surface area contributed by atoms with E-state index in [-0.39, 0.29) is 5.69 Å². The van der Waals surface area contributed by atoms with Crippen LogP contribution >= 0.6 is 0 Å². The Balaban J connectivity index is 1.81. The van der Waals surface area contributed by atoms with Crippen LogP contribution in [-0.4, -0.2) is 25.1 Å². The van der Waals surface area contributed by atoms with Gasteiger partial charge in [0.1, 0.15) is 0 Å². The maximum absolute atomic E-state index is 10.9. The second-order valence-electron chi connectivity index (χ2n) is 4.95. The number of anilines is 1. The Labute approximate surface area is 131 Å². The summed E-state index contributed by atoms with van der Waals surface area (Å²) >= 11 is 0. The molecule has 0 saturated carbocycles. The summed E-state index contributed by atoms with van der Waals surface area (Å²) in [5.41, 5.74) is 2.49. The number of rotatable bonds is 5. The van der Waals surface area contributed by atoms with Gasteiger partial charge in [-0.2, -0.15) is 4.68 Å². The summed E-state index contributed by atoms with van der Waals surface area (Å²) in [5, 5.41) is 25.7. The fourth-order valence-electron chi connectivity index (χ4n) is 2.17. The quantitative estimate of drug-likeness (QED) is 0.574. The summed E-state index contributed by atoms with van der Waals surface area (Å²) in [6, 6.07) is 14.2. The monoisotopic (exact) mass is 310 g/mol. The summed E-state index contributed by atoms with van der Waals surface area (Å²) < 4.78 is 1.62. The van der Waals surface area contributed by atoms with Gasteiger partial charge in [-0.1, -0.05) is 24.3 Å². The van der Waals surface area contributed by atoms with Crippen molar-refractivity contribution in [3.05, 3.63) is 70.0 Å². The minimum Gasteiger partial charge on any atom is -0.377 e. The first-order valence-electron chi connectivity index (χ1n) is 6.97. The van der Waals surface area contributed by atoms with E-state index in [9.17, 15) is 10.1 Å². The molecule has 0 atom stereocenters. The van der Waals surface area contributed by atoms with Gasteiger partial charge in [-0.25, -0.2) is 0 Å². The Morgan fingerprint density at radius 3 is 2.74 bits per heavy atom. The summed E-state index contributed by atoms with van der Waals surface area (Å²) in [7, 11) is 0. The Hall–Kier alpha value is -3.29. The zero-order valence-electron chi connectivity index (χ0n) is 12.4. The fourth-order valence-corrected chi connectivity index (χ4v) is 2.17. The number of non-ortho nitro benzene ring substituents is 1. The molecule has 0 aliphatic rings. The molecule has 23 heavy (non-hydrogen) atoms. The Kier molecular flexibility index (Phi) is 3.96. The largest absolute Gasteiger partial charge is 0.377 e. The normalized spacial score (nSPS) is 10.5. The first-order valence-corrected chi connectivity index (χ1v) is 6.97. The average Bonchev–Trinajstić information content (AvgIpc) is 3.03. The molecule has 0 bridgehead atoms. The highest BCUT2D eigenvalue weighted by Crippen LogP contribution is 2.22. The van der Waals surface area contributed by atoms with E-state index in [1.165, 1.54) is 12.1 Å². The lowest BCUT2D eigenvalue weighted by Gasteiger charge is -2.09. The van der Waals surface area contributed by atoms with Gasteiger partial charge < -0.3 is 5.32 Å². The third kappa shape index (κ3) is 3.15. The molecule has 0 amide bonds. The molecule has 0 unspecified atom stereocenters. The standard InChI is InChI=1S/C15H14N6O2/c1-11-7-8-13(21(22)23)9-14(11)16-10-15-17-18-19-20(15)12-5-3-2-4-6-12/h2-9,16H,10H2,1H3. The summed E-state index contributed by atoms with van der Waals surface area (Å²) in [6.45, 7) is 2.23. The van der Waals surface area contributed by atoms with Gasteiger partial charge in [0, 0.05) is 17.8 Å². The predicted molar refractivity (Wildman–Crippen MR) is 84.3 cm³/mol. The van der Waals surface area contributed by atoms with Crippen LogP contribution in [0.4, 0.5) is 11.4 Å². The van der Waals surface area contributed by atoms with E-state index < -0.39 is 4.92 Å². The molecular formula is C15H14N6O2. The highest BCUT2D eigenvalue weighted by atomic mass is 16.6. The number of tetrazole rings is 1. The van der Waals surface area contributed by atoms with Gasteiger partial charge in [0.2, 0.25) is 0 Å². The van der Waals surface area contributed by atoms with E-state index in [4.69, 9.17) is 0 Å². The van der Waals surface area contributed by atoms with Crippen molar-refractivity contribution in [2.24, 2.45) is 0 Å². The molecule has 116 valence electrons. The number of nitro groups is 1. The molecule has 0 saturated heterocycles. The molecule has 2 aromatic carbocycles. The lowest BCUT2D eigenvalue weighted by molar-refractivity contribution is -0.384. The third-order valence-electron chi connectivity index (χ3n) is 3.40. The van der Waals surface area contributed by atoms with Crippen LogP contribution in [0.3, 0.4) is 0 Å². The SMILES string of the molecule is Cc1ccc([N+](=O)[O-])cc1NCc1nnnn1-c1ccccc1. The molecule has 3 rings (SSSR count). The van der Waals surface area contributed by atoms with Crippen LogP contribution in [0.1, 0.15) is 11.4 Å². The minimum atomic E-state index is -0.418. The Morgan fingerprint density at radius 1 is 1.22 bits per heavy atom. The Morgan fingerprint density at radius 2 is 2.00 bits per heavy atom. The Bertz CT molecular complexity index is 831. The van der Waals surface area contributed by atoms with Crippen molar-refractivity contribution in [3.8, 4) is 5.69 Å². The first-order chi connectivity index (χ1) is 11.1. The molecule has 0 radical (unpaired) electrons. The lowest BCUT2D eigenvalue weighted by atomic mass is 10.2.